The molecule has 108 valence electrons. The lowest BCUT2D eigenvalue weighted by Gasteiger charge is -2.03. The predicted octanol–water partition coefficient (Wildman–Crippen LogP) is 5.80. The van der Waals surface area contributed by atoms with Crippen LogP contribution in [0.5, 0.6) is 0 Å². The molecule has 1 heterocycles. The van der Waals surface area contributed by atoms with Crippen LogP contribution in [0.2, 0.25) is 0 Å². The van der Waals surface area contributed by atoms with E-state index in [-0.39, 0.29) is 0 Å². The summed E-state index contributed by atoms with van der Waals surface area (Å²) in [6.45, 7) is 0. The minimum absolute atomic E-state index is 0.826. The van der Waals surface area contributed by atoms with Gasteiger partial charge in [0, 0.05) is 5.56 Å². The van der Waals surface area contributed by atoms with Gasteiger partial charge in [0.15, 0.2) is 5.58 Å². The monoisotopic (exact) mass is 295 g/mol. The lowest BCUT2D eigenvalue weighted by molar-refractivity contribution is 0.459. The van der Waals surface area contributed by atoms with Crippen LogP contribution in [-0.4, -0.2) is 5.16 Å². The molecule has 0 saturated carbocycles. The lowest BCUT2D eigenvalue weighted by Crippen LogP contribution is -1.79. The molecule has 0 fully saturated rings. The molecule has 0 atom stereocenters. The van der Waals surface area contributed by atoms with Gasteiger partial charge in [0.05, 0.1) is 5.39 Å². The average Bonchev–Trinajstić information content (AvgIpc) is 3.01. The van der Waals surface area contributed by atoms with Crippen molar-refractivity contribution in [1.82, 2.24) is 5.16 Å². The normalized spacial score (nSPS) is 11.5. The van der Waals surface area contributed by atoms with E-state index in [0.717, 1.165) is 22.2 Å². The Hall–Kier alpha value is -3.13. The number of hydrogen-bond acceptors (Lipinski definition) is 2. The zero-order valence-corrected chi connectivity index (χ0v) is 12.4. The van der Waals surface area contributed by atoms with Gasteiger partial charge in [0.1, 0.15) is 5.69 Å². The Bertz CT molecular complexity index is 1160. The Morgan fingerprint density at radius 3 is 2.00 bits per heavy atom. The molecule has 5 rings (SSSR count). The van der Waals surface area contributed by atoms with E-state index in [9.17, 15) is 0 Å². The van der Waals surface area contributed by atoms with Crippen LogP contribution < -0.4 is 0 Å². The van der Waals surface area contributed by atoms with Crippen molar-refractivity contribution in [1.29, 1.82) is 0 Å². The van der Waals surface area contributed by atoms with Crippen molar-refractivity contribution < 1.29 is 4.52 Å². The van der Waals surface area contributed by atoms with Crippen molar-refractivity contribution in [3.05, 3.63) is 78.9 Å². The topological polar surface area (TPSA) is 26.0 Å². The third kappa shape index (κ3) is 1.92. The van der Waals surface area contributed by atoms with Gasteiger partial charge in [-0.2, -0.15) is 0 Å². The number of hydrogen-bond donors (Lipinski definition) is 0. The maximum absolute atomic E-state index is 5.57. The summed E-state index contributed by atoms with van der Waals surface area (Å²) < 4.78 is 5.57. The first kappa shape index (κ1) is 12.4. The molecule has 4 aromatic carbocycles. The fraction of sp³-hybridized carbons (Fsp3) is 0. The van der Waals surface area contributed by atoms with Crippen LogP contribution in [0.3, 0.4) is 0 Å². The van der Waals surface area contributed by atoms with Crippen LogP contribution in [0, 0.1) is 0 Å². The highest BCUT2D eigenvalue weighted by Gasteiger charge is 2.11. The quantitative estimate of drug-likeness (QED) is 0.365. The first-order valence-corrected chi connectivity index (χ1v) is 7.66. The molecule has 0 saturated heterocycles. The van der Waals surface area contributed by atoms with E-state index in [4.69, 9.17) is 4.52 Å². The average molecular weight is 295 g/mol. The summed E-state index contributed by atoms with van der Waals surface area (Å²) in [4.78, 5) is 0. The summed E-state index contributed by atoms with van der Waals surface area (Å²) in [6.07, 6.45) is 0. The first-order chi connectivity index (χ1) is 11.4. The minimum atomic E-state index is 0.826. The summed E-state index contributed by atoms with van der Waals surface area (Å²) >= 11 is 0. The summed E-state index contributed by atoms with van der Waals surface area (Å²) in [5.41, 5.74) is 2.80. The molecule has 0 radical (unpaired) electrons. The molecule has 0 bridgehead atoms. The van der Waals surface area contributed by atoms with Gasteiger partial charge in [-0.1, -0.05) is 59.8 Å². The standard InChI is InChI=1S/C21H13NO/c1-2-6-14(7-3-1)21-19-12-17-10-15-8-4-5-9-16(15)11-18(17)13-20(19)23-22-21/h1-13H. The molecule has 0 unspecified atom stereocenters. The molecule has 2 heteroatoms. The number of aromatic nitrogens is 1. The van der Waals surface area contributed by atoms with Crippen molar-refractivity contribution in [3.63, 3.8) is 0 Å². The summed E-state index contributed by atoms with van der Waals surface area (Å²) in [7, 11) is 0. The Morgan fingerprint density at radius 2 is 1.26 bits per heavy atom. The highest BCUT2D eigenvalue weighted by atomic mass is 16.5. The first-order valence-electron chi connectivity index (χ1n) is 7.66. The van der Waals surface area contributed by atoms with Crippen LogP contribution in [0.4, 0.5) is 0 Å². The lowest BCUT2D eigenvalue weighted by atomic mass is 10.0. The Balaban J connectivity index is 1.84. The fourth-order valence-corrected chi connectivity index (χ4v) is 3.18. The van der Waals surface area contributed by atoms with Crippen molar-refractivity contribution >= 4 is 32.5 Å². The molecule has 0 N–H and O–H groups in total. The highest BCUT2D eigenvalue weighted by molar-refractivity contribution is 6.06. The van der Waals surface area contributed by atoms with E-state index in [1.165, 1.54) is 21.5 Å². The van der Waals surface area contributed by atoms with Crippen molar-refractivity contribution in [3.8, 4) is 11.3 Å². The van der Waals surface area contributed by atoms with Gasteiger partial charge in [0.2, 0.25) is 0 Å². The summed E-state index contributed by atoms with van der Waals surface area (Å²) in [5, 5.41) is 10.2. The fourth-order valence-electron chi connectivity index (χ4n) is 3.18. The number of rotatable bonds is 1. The molecule has 0 aliphatic carbocycles. The molecular weight excluding hydrogens is 282 g/mol. The van der Waals surface area contributed by atoms with Crippen LogP contribution in [0.25, 0.3) is 43.8 Å². The van der Waals surface area contributed by atoms with Gasteiger partial charge in [-0.3, -0.25) is 0 Å². The molecule has 23 heavy (non-hydrogen) atoms. The van der Waals surface area contributed by atoms with E-state index in [1.54, 1.807) is 0 Å². The van der Waals surface area contributed by atoms with Gasteiger partial charge in [0.25, 0.3) is 0 Å². The summed E-state index contributed by atoms with van der Waals surface area (Å²) in [5.74, 6) is 0. The Morgan fingerprint density at radius 1 is 0.609 bits per heavy atom. The van der Waals surface area contributed by atoms with Gasteiger partial charge >= 0.3 is 0 Å². The van der Waals surface area contributed by atoms with Gasteiger partial charge in [-0.25, -0.2) is 0 Å². The molecule has 0 spiro atoms. The number of nitrogens with zero attached hydrogens (tertiary/aromatic N) is 1. The zero-order valence-electron chi connectivity index (χ0n) is 12.4. The Labute approximate surface area is 132 Å². The minimum Gasteiger partial charge on any atom is -0.356 e. The second-order valence-electron chi connectivity index (χ2n) is 5.79. The van der Waals surface area contributed by atoms with E-state index >= 15 is 0 Å². The molecule has 5 aromatic rings. The third-order valence-electron chi connectivity index (χ3n) is 4.34. The molecule has 0 aliphatic heterocycles. The van der Waals surface area contributed by atoms with Gasteiger partial charge in [-0.05, 0) is 45.8 Å². The van der Waals surface area contributed by atoms with Crippen LogP contribution in [0.1, 0.15) is 0 Å². The molecule has 0 aliphatic rings. The largest absolute Gasteiger partial charge is 0.356 e. The smallest absolute Gasteiger partial charge is 0.168 e. The SMILES string of the molecule is c1ccc(-c2noc3cc4cc5ccccc5cc4cc23)cc1. The van der Waals surface area contributed by atoms with E-state index in [2.05, 4.69) is 65.8 Å². The van der Waals surface area contributed by atoms with E-state index in [0.29, 0.717) is 0 Å². The van der Waals surface area contributed by atoms with Gasteiger partial charge < -0.3 is 4.52 Å². The second-order valence-corrected chi connectivity index (χ2v) is 5.79. The maximum atomic E-state index is 5.57. The van der Waals surface area contributed by atoms with Crippen molar-refractivity contribution in [2.24, 2.45) is 0 Å². The van der Waals surface area contributed by atoms with Gasteiger partial charge in [-0.15, -0.1) is 0 Å². The predicted molar refractivity (Wildman–Crippen MR) is 94.5 cm³/mol. The van der Waals surface area contributed by atoms with Crippen molar-refractivity contribution in [2.75, 3.05) is 0 Å². The zero-order chi connectivity index (χ0) is 15.2. The van der Waals surface area contributed by atoms with E-state index in [1.807, 2.05) is 18.2 Å². The maximum Gasteiger partial charge on any atom is 0.168 e. The molecular formula is C21H13NO. The van der Waals surface area contributed by atoms with Crippen molar-refractivity contribution in [2.45, 2.75) is 0 Å². The van der Waals surface area contributed by atoms with Crippen LogP contribution in [-0.2, 0) is 0 Å². The highest BCUT2D eigenvalue weighted by Crippen LogP contribution is 2.32. The van der Waals surface area contributed by atoms with Crippen LogP contribution >= 0.6 is 0 Å². The number of fused-ring (bicyclic) bond motifs is 3. The van der Waals surface area contributed by atoms with E-state index < -0.39 is 0 Å². The molecule has 1 aromatic heterocycles. The Kier molecular flexibility index (Phi) is 2.53. The third-order valence-corrected chi connectivity index (χ3v) is 4.34. The van der Waals surface area contributed by atoms with Crippen LogP contribution in [0.15, 0.2) is 83.4 Å². The second kappa shape index (κ2) is 4.68. The number of benzene rings is 4. The summed E-state index contributed by atoms with van der Waals surface area (Å²) in [6, 6.07) is 27.3. The molecule has 2 nitrogen and oxygen atoms in total. The molecule has 0 amide bonds.